The number of rotatable bonds is 0. The van der Waals surface area contributed by atoms with Crippen LogP contribution in [0.15, 0.2) is 0 Å². The number of halogens is 2. The van der Waals surface area contributed by atoms with Crippen LogP contribution < -0.4 is 51.4 Å². The van der Waals surface area contributed by atoms with E-state index < -0.39 is 5.92 Å². The van der Waals surface area contributed by atoms with Gasteiger partial charge in [-0.2, -0.15) is 0 Å². The van der Waals surface area contributed by atoms with Crippen LogP contribution in [0.25, 0.3) is 0 Å². The molecule has 3 nitrogen and oxygen atoms in total. The predicted molar refractivity (Wildman–Crippen MR) is 37.7 cm³/mol. The Morgan fingerprint density at radius 1 is 1.62 bits per heavy atom. The van der Waals surface area contributed by atoms with E-state index in [0.717, 1.165) is 0 Å². The van der Waals surface area contributed by atoms with Gasteiger partial charge in [-0.1, -0.05) is 5.69 Å². The van der Waals surface area contributed by atoms with E-state index in [4.69, 9.17) is 0 Å². The quantitative estimate of drug-likeness (QED) is 0.388. The van der Waals surface area contributed by atoms with Crippen LogP contribution >= 0.6 is 0 Å². The van der Waals surface area contributed by atoms with Crippen LogP contribution in [-0.2, 0) is 12.5 Å². The number of nitrogens with zero attached hydrogens (tertiary/aromatic N) is 2. The molecule has 0 bridgehead atoms. The molecule has 1 aromatic heterocycles. The standard InChI is InChI=1S/C7H8F2N3.K/c1-12-2-5-6(11-4-10-5)7(8,9)3-12;/h2-3H2,1H3,(H,10,11);/q-1;+1. The number of H-pyrrole nitrogens is 1. The normalized spacial score (nSPS) is 20.5. The third-order valence-electron chi connectivity index (χ3n) is 1.91. The molecular formula is C7H8F2KN3. The van der Waals surface area contributed by atoms with Crippen LogP contribution in [0, 0.1) is 6.33 Å². The van der Waals surface area contributed by atoms with Gasteiger partial charge in [0.05, 0.1) is 6.54 Å². The fourth-order valence-corrected chi connectivity index (χ4v) is 1.43. The van der Waals surface area contributed by atoms with Gasteiger partial charge >= 0.3 is 51.4 Å². The Morgan fingerprint density at radius 3 is 3.00 bits per heavy atom. The predicted octanol–water partition coefficient (Wildman–Crippen LogP) is -2.25. The van der Waals surface area contributed by atoms with E-state index in [2.05, 4.69) is 16.3 Å². The summed E-state index contributed by atoms with van der Waals surface area (Å²) in [7, 11) is 1.64. The molecular weight excluding hydrogens is 203 g/mol. The molecule has 1 N–H and O–H groups in total. The van der Waals surface area contributed by atoms with Gasteiger partial charge in [0, 0.05) is 0 Å². The zero-order valence-electron chi connectivity index (χ0n) is 7.56. The molecule has 2 rings (SSSR count). The van der Waals surface area contributed by atoms with Gasteiger partial charge in [0.25, 0.3) is 0 Å². The summed E-state index contributed by atoms with van der Waals surface area (Å²) in [6.07, 6.45) is 2.33. The van der Waals surface area contributed by atoms with Crippen molar-refractivity contribution in [1.82, 2.24) is 14.9 Å². The van der Waals surface area contributed by atoms with E-state index in [1.807, 2.05) is 0 Å². The van der Waals surface area contributed by atoms with Crippen molar-refractivity contribution in [2.75, 3.05) is 13.6 Å². The molecule has 1 aliphatic rings. The summed E-state index contributed by atoms with van der Waals surface area (Å²) in [5, 5.41) is 0. The Hall–Kier alpha value is 0.666. The average Bonchev–Trinajstić information content (AvgIpc) is 2.32. The monoisotopic (exact) mass is 211 g/mol. The van der Waals surface area contributed by atoms with Gasteiger partial charge in [-0.25, -0.2) is 8.78 Å². The number of hydrogen-bond donors (Lipinski definition) is 1. The second-order valence-corrected chi connectivity index (χ2v) is 3.05. The SMILES string of the molecule is CN1Cc2n[c-][nH]c2C(F)(F)C1.[K+]. The Balaban J connectivity index is 0.000000845. The number of aromatic amines is 1. The van der Waals surface area contributed by atoms with Gasteiger partial charge in [-0.15, -0.1) is 0 Å². The number of aromatic nitrogens is 2. The van der Waals surface area contributed by atoms with Crippen molar-refractivity contribution in [3.63, 3.8) is 0 Å². The summed E-state index contributed by atoms with van der Waals surface area (Å²) in [6, 6.07) is 0. The molecule has 0 fully saturated rings. The topological polar surface area (TPSA) is 31.9 Å². The minimum atomic E-state index is -2.81. The first-order valence-electron chi connectivity index (χ1n) is 3.61. The number of imidazole rings is 1. The van der Waals surface area contributed by atoms with Crippen LogP contribution in [0.5, 0.6) is 0 Å². The molecule has 0 spiro atoms. The zero-order chi connectivity index (χ0) is 8.77. The molecule has 0 saturated heterocycles. The van der Waals surface area contributed by atoms with Crippen molar-refractivity contribution in [2.24, 2.45) is 0 Å². The molecule has 0 aliphatic carbocycles. The molecule has 0 radical (unpaired) electrons. The summed E-state index contributed by atoms with van der Waals surface area (Å²) >= 11 is 0. The number of fused-ring (bicyclic) bond motifs is 1. The van der Waals surface area contributed by atoms with Gasteiger partial charge in [-0.05, 0) is 25.6 Å². The molecule has 66 valence electrons. The van der Waals surface area contributed by atoms with Crippen molar-refractivity contribution in [3.05, 3.63) is 17.7 Å². The summed E-state index contributed by atoms with van der Waals surface area (Å²) in [5.74, 6) is -2.81. The maximum absolute atomic E-state index is 13.1. The third-order valence-corrected chi connectivity index (χ3v) is 1.91. The molecule has 0 saturated carbocycles. The van der Waals surface area contributed by atoms with E-state index in [0.29, 0.717) is 12.2 Å². The van der Waals surface area contributed by atoms with Crippen LogP contribution in [0.3, 0.4) is 0 Å². The maximum Gasteiger partial charge on any atom is 1.00 e. The van der Waals surface area contributed by atoms with Gasteiger partial charge in [0.1, 0.15) is 0 Å². The molecule has 0 atom stereocenters. The fraction of sp³-hybridized carbons (Fsp3) is 0.571. The van der Waals surface area contributed by atoms with Crippen LogP contribution in [-0.4, -0.2) is 28.5 Å². The van der Waals surface area contributed by atoms with E-state index >= 15 is 0 Å². The fourth-order valence-electron chi connectivity index (χ4n) is 1.43. The van der Waals surface area contributed by atoms with Crippen LogP contribution in [0.1, 0.15) is 11.4 Å². The third kappa shape index (κ3) is 2.19. The van der Waals surface area contributed by atoms with Crippen molar-refractivity contribution in [3.8, 4) is 0 Å². The van der Waals surface area contributed by atoms with Crippen LogP contribution in [0.4, 0.5) is 8.78 Å². The maximum atomic E-state index is 13.1. The van der Waals surface area contributed by atoms with E-state index in [-0.39, 0.29) is 63.6 Å². The Kier molecular flexibility index (Phi) is 3.65. The van der Waals surface area contributed by atoms with Crippen molar-refractivity contribution in [1.29, 1.82) is 0 Å². The first-order chi connectivity index (χ1) is 5.59. The number of nitrogens with one attached hydrogen (secondary N) is 1. The van der Waals surface area contributed by atoms with E-state index in [1.54, 1.807) is 7.05 Å². The van der Waals surface area contributed by atoms with Gasteiger partial charge in [-0.3, -0.25) is 0 Å². The van der Waals surface area contributed by atoms with Gasteiger partial charge in [0.2, 0.25) is 5.92 Å². The molecule has 1 aromatic rings. The molecule has 2 heterocycles. The van der Waals surface area contributed by atoms with Crippen molar-refractivity contribution < 1.29 is 60.2 Å². The number of likely N-dealkylation sites (N-methyl/N-ethyl adjacent to an activating group) is 1. The second-order valence-electron chi connectivity index (χ2n) is 3.05. The van der Waals surface area contributed by atoms with Crippen molar-refractivity contribution >= 4 is 0 Å². The molecule has 0 aromatic carbocycles. The molecule has 6 heteroatoms. The summed E-state index contributed by atoms with van der Waals surface area (Å²) in [6.45, 7) is 0.209. The summed E-state index contributed by atoms with van der Waals surface area (Å²) < 4.78 is 26.3. The Labute approximate surface area is 117 Å². The Morgan fingerprint density at radius 2 is 2.31 bits per heavy atom. The number of alkyl halides is 2. The van der Waals surface area contributed by atoms with E-state index in [9.17, 15) is 8.78 Å². The molecule has 0 amide bonds. The molecule has 0 unspecified atom stereocenters. The van der Waals surface area contributed by atoms with Crippen molar-refractivity contribution in [2.45, 2.75) is 12.5 Å². The summed E-state index contributed by atoms with van der Waals surface area (Å²) in [5.41, 5.74) is 0.314. The van der Waals surface area contributed by atoms with Gasteiger partial charge < -0.3 is 14.9 Å². The smallest absolute Gasteiger partial charge is 0.459 e. The molecule has 13 heavy (non-hydrogen) atoms. The second kappa shape index (κ2) is 4.04. The molecule has 1 aliphatic heterocycles. The summed E-state index contributed by atoms with van der Waals surface area (Å²) in [4.78, 5) is 7.59. The minimum absolute atomic E-state index is 0. The van der Waals surface area contributed by atoms with Gasteiger partial charge in [0.15, 0.2) is 0 Å². The number of hydrogen-bond acceptors (Lipinski definition) is 2. The van der Waals surface area contributed by atoms with Crippen LogP contribution in [0.2, 0.25) is 0 Å². The first kappa shape index (κ1) is 11.7. The van der Waals surface area contributed by atoms with E-state index in [1.165, 1.54) is 4.90 Å². The Bertz CT molecular complexity index is 300. The first-order valence-corrected chi connectivity index (χ1v) is 3.61. The average molecular weight is 211 g/mol. The minimum Gasteiger partial charge on any atom is -0.459 e. The largest absolute Gasteiger partial charge is 1.00 e. The zero-order valence-corrected chi connectivity index (χ0v) is 10.7.